The van der Waals surface area contributed by atoms with Gasteiger partial charge in [-0.15, -0.1) is 13.2 Å². The number of anilines is 2. The van der Waals surface area contributed by atoms with Crippen LogP contribution in [0.2, 0.25) is 0 Å². The quantitative estimate of drug-likeness (QED) is 0.423. The predicted molar refractivity (Wildman–Crippen MR) is 66.4 cm³/mol. The number of nitrogens with two attached hydrogens (primary N) is 1. The molecule has 1 aromatic rings. The first-order valence-corrected chi connectivity index (χ1v) is 4.85. The van der Waals surface area contributed by atoms with Crippen LogP contribution in [-0.4, -0.2) is 18.1 Å². The van der Waals surface area contributed by atoms with Crippen LogP contribution in [0.4, 0.5) is 11.4 Å². The first-order valence-electron chi connectivity index (χ1n) is 4.85. The van der Waals surface area contributed by atoms with Gasteiger partial charge in [0.1, 0.15) is 0 Å². The monoisotopic (exact) mass is 203 g/mol. The van der Waals surface area contributed by atoms with Crippen LogP contribution < -0.4 is 11.2 Å². The summed E-state index contributed by atoms with van der Waals surface area (Å²) in [7, 11) is 0. The van der Waals surface area contributed by atoms with Crippen LogP contribution in [0.5, 0.6) is 0 Å². The van der Waals surface area contributed by atoms with Gasteiger partial charge in [0, 0.05) is 24.5 Å². The van der Waals surface area contributed by atoms with Gasteiger partial charge < -0.3 is 11.2 Å². The van der Waals surface area contributed by atoms with E-state index in [1.807, 2.05) is 41.4 Å². The summed E-state index contributed by atoms with van der Waals surface area (Å²) >= 11 is 0. The first-order chi connectivity index (χ1) is 7.26. The van der Waals surface area contributed by atoms with Crippen LogP contribution in [0.15, 0.2) is 49.6 Å². The Morgan fingerprint density at radius 3 is 2.13 bits per heavy atom. The second kappa shape index (κ2) is 5.88. The highest BCUT2D eigenvalue weighted by molar-refractivity contribution is 5.50. The number of hydrogen-bond donors (Lipinski definition) is 2. The molecule has 3 N–H and O–H groups in total. The highest BCUT2D eigenvalue weighted by atomic mass is 15.5. The van der Waals surface area contributed by atoms with Gasteiger partial charge in [-0.05, 0) is 24.3 Å². The number of rotatable bonds is 6. The Labute approximate surface area is 90.9 Å². The molecule has 1 rings (SSSR count). The van der Waals surface area contributed by atoms with Crippen LogP contribution in [0.1, 0.15) is 0 Å². The summed E-state index contributed by atoms with van der Waals surface area (Å²) in [6.45, 7) is 8.93. The molecule has 0 bridgehead atoms. The van der Waals surface area contributed by atoms with Crippen molar-refractivity contribution in [1.29, 1.82) is 0 Å². The number of nitrogens with zero attached hydrogens (tertiary/aromatic N) is 1. The van der Waals surface area contributed by atoms with Crippen LogP contribution in [-0.2, 0) is 0 Å². The summed E-state index contributed by atoms with van der Waals surface area (Å²) in [5.41, 5.74) is 10.6. The molecule has 0 fully saturated rings. The van der Waals surface area contributed by atoms with Crippen molar-refractivity contribution in [3.05, 3.63) is 49.6 Å². The molecule has 1 aromatic carbocycles. The molecular weight excluding hydrogens is 186 g/mol. The van der Waals surface area contributed by atoms with Crippen LogP contribution in [0.25, 0.3) is 0 Å². The lowest BCUT2D eigenvalue weighted by molar-refractivity contribution is 0.406. The maximum absolute atomic E-state index is 5.60. The van der Waals surface area contributed by atoms with Crippen molar-refractivity contribution < 1.29 is 0 Å². The molecular formula is C12H17N3. The van der Waals surface area contributed by atoms with Crippen LogP contribution in [0, 0.1) is 0 Å². The van der Waals surface area contributed by atoms with Gasteiger partial charge in [-0.1, -0.05) is 12.2 Å². The second-order valence-corrected chi connectivity index (χ2v) is 3.22. The van der Waals surface area contributed by atoms with Crippen LogP contribution >= 0.6 is 0 Å². The Balaban J connectivity index is 2.60. The lowest BCUT2D eigenvalue weighted by atomic mass is 10.3. The van der Waals surface area contributed by atoms with Crippen molar-refractivity contribution in [3.8, 4) is 0 Å². The van der Waals surface area contributed by atoms with Gasteiger partial charge in [0.05, 0.1) is 0 Å². The van der Waals surface area contributed by atoms with Crippen molar-refractivity contribution in [1.82, 2.24) is 5.01 Å². The van der Waals surface area contributed by atoms with E-state index in [2.05, 4.69) is 18.6 Å². The van der Waals surface area contributed by atoms with E-state index in [4.69, 9.17) is 5.73 Å². The minimum absolute atomic E-state index is 0.760. The summed E-state index contributed by atoms with van der Waals surface area (Å²) in [4.78, 5) is 0. The van der Waals surface area contributed by atoms with E-state index >= 15 is 0 Å². The first kappa shape index (κ1) is 11.3. The maximum Gasteiger partial charge on any atom is 0.0491 e. The molecule has 0 aliphatic rings. The van der Waals surface area contributed by atoms with Crippen molar-refractivity contribution in [3.63, 3.8) is 0 Å². The highest BCUT2D eigenvalue weighted by Gasteiger charge is 1.99. The zero-order chi connectivity index (χ0) is 11.1. The smallest absolute Gasteiger partial charge is 0.0491 e. The van der Waals surface area contributed by atoms with E-state index in [9.17, 15) is 0 Å². The second-order valence-electron chi connectivity index (χ2n) is 3.22. The molecule has 0 spiro atoms. The van der Waals surface area contributed by atoms with Crippen LogP contribution in [0.3, 0.4) is 0 Å². The largest absolute Gasteiger partial charge is 0.399 e. The van der Waals surface area contributed by atoms with Crippen molar-refractivity contribution in [2.75, 3.05) is 24.2 Å². The molecule has 0 heterocycles. The third-order valence-electron chi connectivity index (χ3n) is 1.90. The fourth-order valence-electron chi connectivity index (χ4n) is 1.22. The average molecular weight is 203 g/mol. The fourth-order valence-corrected chi connectivity index (χ4v) is 1.22. The lowest BCUT2D eigenvalue weighted by Gasteiger charge is -2.21. The number of hydrogen-bond acceptors (Lipinski definition) is 3. The molecule has 0 saturated heterocycles. The topological polar surface area (TPSA) is 41.3 Å². The zero-order valence-corrected chi connectivity index (χ0v) is 8.82. The van der Waals surface area contributed by atoms with E-state index in [0.29, 0.717) is 0 Å². The molecule has 0 atom stereocenters. The molecule has 0 aliphatic heterocycles. The van der Waals surface area contributed by atoms with E-state index in [-0.39, 0.29) is 0 Å². The number of benzene rings is 1. The maximum atomic E-state index is 5.60. The Morgan fingerprint density at radius 1 is 1.13 bits per heavy atom. The molecule has 80 valence electrons. The van der Waals surface area contributed by atoms with Gasteiger partial charge in [0.25, 0.3) is 0 Å². The van der Waals surface area contributed by atoms with Gasteiger partial charge >= 0.3 is 0 Å². The van der Waals surface area contributed by atoms with E-state index < -0.39 is 0 Å². The fraction of sp³-hybridized carbons (Fsp3) is 0.167. The average Bonchev–Trinajstić information content (AvgIpc) is 2.22. The van der Waals surface area contributed by atoms with Crippen molar-refractivity contribution in [2.45, 2.75) is 0 Å². The molecule has 3 nitrogen and oxygen atoms in total. The summed E-state index contributed by atoms with van der Waals surface area (Å²) in [5, 5.41) is 2.01. The minimum Gasteiger partial charge on any atom is -0.399 e. The summed E-state index contributed by atoms with van der Waals surface area (Å²) in [5.74, 6) is 0. The SMILES string of the molecule is C=CCN(CC=C)Nc1ccc(N)cc1. The van der Waals surface area contributed by atoms with Gasteiger partial charge in [0.2, 0.25) is 0 Å². The lowest BCUT2D eigenvalue weighted by Crippen LogP contribution is -2.30. The normalized spacial score (nSPS) is 9.93. The molecule has 0 amide bonds. The molecule has 0 aromatic heterocycles. The molecule has 0 aliphatic carbocycles. The Bertz CT molecular complexity index is 306. The van der Waals surface area contributed by atoms with E-state index in [1.165, 1.54) is 0 Å². The third-order valence-corrected chi connectivity index (χ3v) is 1.90. The highest BCUT2D eigenvalue weighted by Crippen LogP contribution is 2.11. The van der Waals surface area contributed by atoms with Gasteiger partial charge in [-0.2, -0.15) is 0 Å². The predicted octanol–water partition coefficient (Wildman–Crippen LogP) is 2.27. The molecule has 0 radical (unpaired) electrons. The summed E-state index contributed by atoms with van der Waals surface area (Å²) in [6, 6.07) is 7.60. The van der Waals surface area contributed by atoms with E-state index in [0.717, 1.165) is 24.5 Å². The van der Waals surface area contributed by atoms with Crippen molar-refractivity contribution in [2.24, 2.45) is 0 Å². The molecule has 15 heavy (non-hydrogen) atoms. The Kier molecular flexibility index (Phi) is 4.44. The molecule has 0 unspecified atom stereocenters. The standard InChI is InChI=1S/C12H17N3/c1-3-9-15(10-4-2)14-12-7-5-11(13)6-8-12/h3-8,14H,1-2,9-10,13H2. The van der Waals surface area contributed by atoms with Gasteiger partial charge in [0.15, 0.2) is 0 Å². The number of nitrogens with one attached hydrogen (secondary N) is 1. The summed E-state index contributed by atoms with van der Waals surface area (Å²) < 4.78 is 0. The Hall–Kier alpha value is -1.74. The third kappa shape index (κ3) is 3.87. The Morgan fingerprint density at radius 2 is 1.67 bits per heavy atom. The minimum atomic E-state index is 0.760. The zero-order valence-electron chi connectivity index (χ0n) is 8.82. The van der Waals surface area contributed by atoms with Gasteiger partial charge in [-0.25, -0.2) is 5.01 Å². The van der Waals surface area contributed by atoms with Gasteiger partial charge in [-0.3, -0.25) is 0 Å². The number of hydrazine groups is 1. The van der Waals surface area contributed by atoms with E-state index in [1.54, 1.807) is 0 Å². The summed E-state index contributed by atoms with van der Waals surface area (Å²) in [6.07, 6.45) is 3.68. The molecule has 3 heteroatoms. The number of nitrogen functional groups attached to an aromatic ring is 1. The van der Waals surface area contributed by atoms with Crippen molar-refractivity contribution >= 4 is 11.4 Å². The molecule has 0 saturated carbocycles.